The van der Waals surface area contributed by atoms with E-state index in [-0.39, 0.29) is 18.9 Å². The van der Waals surface area contributed by atoms with Crippen molar-refractivity contribution in [2.75, 3.05) is 0 Å². The molecule has 0 spiro atoms. The van der Waals surface area contributed by atoms with E-state index in [2.05, 4.69) is 27.7 Å². The van der Waals surface area contributed by atoms with Crippen LogP contribution in [0.2, 0.25) is 0 Å². The third kappa shape index (κ3) is 1.80. The van der Waals surface area contributed by atoms with Crippen LogP contribution in [0.4, 0.5) is 0 Å². The Morgan fingerprint density at radius 3 is 1.80 bits per heavy atom. The Balaban J connectivity index is 0.000000810. The molecule has 0 bridgehead atoms. The van der Waals surface area contributed by atoms with Crippen molar-refractivity contribution >= 4 is 0 Å². The molecule has 0 N–H and O–H groups in total. The number of hydrogen-bond acceptors (Lipinski definition) is 0. The number of hydrogen-bond donors (Lipinski definition) is 0. The van der Waals surface area contributed by atoms with Crippen LogP contribution in [0.3, 0.4) is 0 Å². The molecule has 1 saturated carbocycles. The molecule has 0 aromatic rings. The second-order valence-electron chi connectivity index (χ2n) is 3.68. The van der Waals surface area contributed by atoms with Gasteiger partial charge in [0.2, 0.25) is 0 Å². The van der Waals surface area contributed by atoms with E-state index < -0.39 is 0 Å². The van der Waals surface area contributed by atoms with E-state index in [4.69, 9.17) is 0 Å². The zero-order chi connectivity index (χ0) is 7.02. The molecule has 10 heavy (non-hydrogen) atoms. The predicted octanol–water partition coefficient (Wildman–Crippen LogP) is -0.103. The van der Waals surface area contributed by atoms with Crippen LogP contribution in [0.1, 0.15) is 34.1 Å². The van der Waals surface area contributed by atoms with Gasteiger partial charge in [-0.2, -0.15) is 19.3 Å². The summed E-state index contributed by atoms with van der Waals surface area (Å²) in [6, 6.07) is 0. The quantitative estimate of drug-likeness (QED) is 0.319. The van der Waals surface area contributed by atoms with Crippen LogP contribution in [-0.2, 0) is 0 Å². The maximum atomic E-state index is 2.37. The molecule has 0 nitrogen and oxygen atoms in total. The SMILES string of the molecule is C[C-]1CC(C)C(C)C1C.[Li+]. The summed E-state index contributed by atoms with van der Waals surface area (Å²) in [4.78, 5) is 0. The van der Waals surface area contributed by atoms with Crippen LogP contribution in [0.5, 0.6) is 0 Å². The fourth-order valence-electron chi connectivity index (χ4n) is 1.82. The van der Waals surface area contributed by atoms with Gasteiger partial charge in [-0.05, 0) is 0 Å². The summed E-state index contributed by atoms with van der Waals surface area (Å²) in [5.74, 6) is 4.43. The van der Waals surface area contributed by atoms with Crippen molar-refractivity contribution in [2.24, 2.45) is 17.8 Å². The molecule has 0 saturated heterocycles. The largest absolute Gasteiger partial charge is 1.00 e. The van der Waals surface area contributed by atoms with E-state index in [1.807, 2.05) is 0 Å². The molecule has 0 aliphatic heterocycles. The van der Waals surface area contributed by atoms with Gasteiger partial charge in [-0.15, -0.1) is 0 Å². The molecule has 54 valence electrons. The summed E-state index contributed by atoms with van der Waals surface area (Å²) < 4.78 is 0. The molecule has 3 unspecified atom stereocenters. The first-order chi connectivity index (χ1) is 4.13. The van der Waals surface area contributed by atoms with E-state index in [0.717, 1.165) is 17.8 Å². The van der Waals surface area contributed by atoms with Crippen molar-refractivity contribution in [3.63, 3.8) is 0 Å². The first-order valence-corrected chi connectivity index (χ1v) is 3.95. The van der Waals surface area contributed by atoms with Crippen molar-refractivity contribution in [1.82, 2.24) is 0 Å². The van der Waals surface area contributed by atoms with Crippen LogP contribution in [-0.4, -0.2) is 0 Å². The summed E-state index contributed by atoms with van der Waals surface area (Å²) in [5.41, 5.74) is 0. The van der Waals surface area contributed by atoms with Gasteiger partial charge in [0.1, 0.15) is 0 Å². The minimum Gasteiger partial charge on any atom is -0.313 e. The topological polar surface area (TPSA) is 0 Å². The molecular weight excluding hydrogens is 115 g/mol. The van der Waals surface area contributed by atoms with Gasteiger partial charge in [0, 0.05) is 0 Å². The van der Waals surface area contributed by atoms with E-state index in [0.29, 0.717) is 0 Å². The van der Waals surface area contributed by atoms with Gasteiger partial charge in [-0.25, -0.2) is 0 Å². The van der Waals surface area contributed by atoms with Gasteiger partial charge < -0.3 is 5.92 Å². The van der Waals surface area contributed by atoms with Crippen LogP contribution in [0.15, 0.2) is 0 Å². The zero-order valence-electron chi connectivity index (χ0n) is 7.94. The summed E-state index contributed by atoms with van der Waals surface area (Å²) in [7, 11) is 0. The zero-order valence-corrected chi connectivity index (χ0v) is 7.94. The summed E-state index contributed by atoms with van der Waals surface area (Å²) in [6.45, 7) is 9.37. The van der Waals surface area contributed by atoms with E-state index >= 15 is 0 Å². The van der Waals surface area contributed by atoms with Gasteiger partial charge in [-0.3, -0.25) is 0 Å². The first kappa shape index (κ1) is 10.6. The Kier molecular flexibility index (Phi) is 4.07. The molecule has 1 heteroatoms. The van der Waals surface area contributed by atoms with Crippen molar-refractivity contribution in [3.05, 3.63) is 5.92 Å². The van der Waals surface area contributed by atoms with Gasteiger partial charge in [0.15, 0.2) is 0 Å². The Labute approximate surface area is 77.0 Å². The Morgan fingerprint density at radius 1 is 1.20 bits per heavy atom. The van der Waals surface area contributed by atoms with Crippen LogP contribution in [0.25, 0.3) is 0 Å². The molecule has 0 aromatic heterocycles. The van der Waals surface area contributed by atoms with Crippen molar-refractivity contribution < 1.29 is 18.9 Å². The third-order valence-corrected chi connectivity index (χ3v) is 3.11. The number of rotatable bonds is 0. The van der Waals surface area contributed by atoms with Crippen LogP contribution in [0, 0.1) is 23.7 Å². The average Bonchev–Trinajstić information content (AvgIpc) is 1.98. The minimum absolute atomic E-state index is 0. The van der Waals surface area contributed by atoms with Gasteiger partial charge in [0.05, 0.1) is 0 Å². The second kappa shape index (κ2) is 3.84. The maximum Gasteiger partial charge on any atom is 1.00 e. The molecule has 0 aromatic carbocycles. The predicted molar refractivity (Wildman–Crippen MR) is 41.0 cm³/mol. The summed E-state index contributed by atoms with van der Waals surface area (Å²) in [6.07, 6.45) is 1.36. The molecular formula is C9H17Li. The summed E-state index contributed by atoms with van der Waals surface area (Å²) >= 11 is 0. The Morgan fingerprint density at radius 2 is 1.70 bits per heavy atom. The molecule has 0 amide bonds. The normalized spacial score (nSPS) is 41.4. The fourth-order valence-corrected chi connectivity index (χ4v) is 1.82. The van der Waals surface area contributed by atoms with Crippen molar-refractivity contribution in [2.45, 2.75) is 34.1 Å². The molecule has 0 heterocycles. The second-order valence-corrected chi connectivity index (χ2v) is 3.68. The Bertz CT molecular complexity index is 88.9. The Hall–Kier alpha value is 0.597. The van der Waals surface area contributed by atoms with Crippen molar-refractivity contribution in [1.29, 1.82) is 0 Å². The van der Waals surface area contributed by atoms with Crippen LogP contribution < -0.4 is 18.9 Å². The molecule has 0 radical (unpaired) electrons. The maximum absolute atomic E-state index is 2.37. The fraction of sp³-hybridized carbons (Fsp3) is 0.889. The van der Waals surface area contributed by atoms with Crippen molar-refractivity contribution in [3.8, 4) is 0 Å². The average molecular weight is 132 g/mol. The van der Waals surface area contributed by atoms with Crippen LogP contribution >= 0.6 is 0 Å². The minimum atomic E-state index is 0. The molecule has 1 fully saturated rings. The summed E-state index contributed by atoms with van der Waals surface area (Å²) in [5, 5.41) is 0. The standard InChI is InChI=1S/C9H17.Li/c1-6-5-7(2)9(4)8(6)3;/h6,8-9H,5H2,1-4H3;/q-1;+1. The van der Waals surface area contributed by atoms with Gasteiger partial charge in [-0.1, -0.05) is 32.6 Å². The smallest absolute Gasteiger partial charge is 0.313 e. The van der Waals surface area contributed by atoms with Gasteiger partial charge >= 0.3 is 18.9 Å². The first-order valence-electron chi connectivity index (χ1n) is 3.95. The van der Waals surface area contributed by atoms with Gasteiger partial charge in [0.25, 0.3) is 0 Å². The van der Waals surface area contributed by atoms with E-state index in [9.17, 15) is 0 Å². The monoisotopic (exact) mass is 132 g/mol. The molecule has 1 aliphatic rings. The van der Waals surface area contributed by atoms with E-state index in [1.54, 1.807) is 5.92 Å². The third-order valence-electron chi connectivity index (χ3n) is 3.11. The van der Waals surface area contributed by atoms with E-state index in [1.165, 1.54) is 6.42 Å². The molecule has 1 rings (SSSR count). The molecule has 3 atom stereocenters. The molecule has 1 aliphatic carbocycles.